The van der Waals surface area contributed by atoms with Crippen molar-refractivity contribution in [3.63, 3.8) is 0 Å². The number of likely N-dealkylation sites (N-methyl/N-ethyl adjacent to an activating group) is 1. The highest BCUT2D eigenvalue weighted by atomic mass is 35.5. The van der Waals surface area contributed by atoms with Crippen LogP contribution in [0.5, 0.6) is 5.75 Å². The number of hydrogen-bond acceptors (Lipinski definition) is 2. The van der Waals surface area contributed by atoms with Crippen molar-refractivity contribution in [3.05, 3.63) is 53.1 Å². The minimum atomic E-state index is 0.154. The smallest absolute Gasteiger partial charge is 0.124 e. The van der Waals surface area contributed by atoms with Crippen molar-refractivity contribution >= 4 is 11.6 Å². The van der Waals surface area contributed by atoms with Gasteiger partial charge in [-0.3, -0.25) is 0 Å². The normalized spacial score (nSPS) is 34.9. The molecule has 0 amide bonds. The lowest BCUT2D eigenvalue weighted by Crippen LogP contribution is -2.32. The Morgan fingerprint density at radius 1 is 1.20 bits per heavy atom. The van der Waals surface area contributed by atoms with Crippen molar-refractivity contribution in [2.24, 2.45) is 11.8 Å². The van der Waals surface area contributed by atoms with Gasteiger partial charge in [-0.1, -0.05) is 29.8 Å². The standard InChI is InChI=1S/C17H18ClNO/c1-19-9-14-12-4-2-3-5-16(12)20-17-7-6-11(18)8-13(17)15(14)10-19/h2-8,12,14-16H,9-10H2,1H3/t12?,14-,15-,16?/m1/s1. The Labute approximate surface area is 124 Å². The Balaban J connectivity index is 1.84. The van der Waals surface area contributed by atoms with Crippen LogP contribution >= 0.6 is 11.6 Å². The second-order valence-corrected chi connectivity index (χ2v) is 6.54. The summed E-state index contributed by atoms with van der Waals surface area (Å²) in [5.41, 5.74) is 1.28. The molecule has 3 aliphatic rings. The molecule has 1 fully saturated rings. The Bertz CT molecular complexity index is 595. The number of nitrogens with zero attached hydrogens (tertiary/aromatic N) is 1. The van der Waals surface area contributed by atoms with Crippen molar-refractivity contribution in [2.75, 3.05) is 20.1 Å². The maximum atomic E-state index is 6.27. The van der Waals surface area contributed by atoms with Crippen LogP contribution < -0.4 is 4.74 Å². The lowest BCUT2D eigenvalue weighted by molar-refractivity contribution is 0.171. The van der Waals surface area contributed by atoms with Gasteiger partial charge in [0.2, 0.25) is 0 Å². The molecule has 4 atom stereocenters. The van der Waals surface area contributed by atoms with Crippen LogP contribution in [0.2, 0.25) is 5.02 Å². The van der Waals surface area contributed by atoms with Gasteiger partial charge in [-0.15, -0.1) is 0 Å². The van der Waals surface area contributed by atoms with E-state index in [4.69, 9.17) is 16.3 Å². The Hall–Kier alpha value is -1.25. The summed E-state index contributed by atoms with van der Waals surface area (Å²) in [4.78, 5) is 2.43. The molecule has 0 saturated carbocycles. The first-order valence-corrected chi connectivity index (χ1v) is 7.60. The third-order valence-electron chi connectivity index (χ3n) is 4.80. The number of halogens is 1. The SMILES string of the molecule is CN1C[C@@H]2c3cc(Cl)ccc3OC3C=CC=CC3[C@H]2C1. The molecule has 1 aliphatic carbocycles. The quantitative estimate of drug-likeness (QED) is 0.724. The van der Waals surface area contributed by atoms with E-state index >= 15 is 0 Å². The fourth-order valence-corrected chi connectivity index (χ4v) is 4.10. The molecule has 2 heterocycles. The zero-order chi connectivity index (χ0) is 13.7. The monoisotopic (exact) mass is 287 g/mol. The average molecular weight is 288 g/mol. The number of hydrogen-bond donors (Lipinski definition) is 0. The van der Waals surface area contributed by atoms with E-state index in [1.165, 1.54) is 5.56 Å². The van der Waals surface area contributed by atoms with Crippen molar-refractivity contribution in [1.82, 2.24) is 4.90 Å². The molecule has 2 nitrogen and oxygen atoms in total. The van der Waals surface area contributed by atoms with Crippen molar-refractivity contribution in [2.45, 2.75) is 12.0 Å². The molecule has 4 rings (SSSR count). The molecule has 2 aliphatic heterocycles. The highest BCUT2D eigenvalue weighted by Crippen LogP contribution is 2.47. The summed E-state index contributed by atoms with van der Waals surface area (Å²) in [6.07, 6.45) is 8.90. The lowest BCUT2D eigenvalue weighted by atomic mass is 9.77. The fraction of sp³-hybridized carbons (Fsp3) is 0.412. The molecule has 0 radical (unpaired) electrons. The minimum Gasteiger partial charge on any atom is -0.485 e. The third-order valence-corrected chi connectivity index (χ3v) is 5.04. The lowest BCUT2D eigenvalue weighted by Gasteiger charge is -2.28. The van der Waals surface area contributed by atoms with Crippen molar-refractivity contribution < 1.29 is 4.74 Å². The molecule has 1 saturated heterocycles. The molecule has 1 aromatic rings. The van der Waals surface area contributed by atoms with Crippen molar-refractivity contribution in [3.8, 4) is 5.75 Å². The summed E-state index contributed by atoms with van der Waals surface area (Å²) in [6, 6.07) is 6.05. The molecule has 20 heavy (non-hydrogen) atoms. The van der Waals surface area contributed by atoms with Crippen molar-refractivity contribution in [1.29, 1.82) is 0 Å². The summed E-state index contributed by atoms with van der Waals surface area (Å²) < 4.78 is 6.27. The van der Waals surface area contributed by atoms with Gasteiger partial charge in [0.1, 0.15) is 11.9 Å². The van der Waals surface area contributed by atoms with Gasteiger partial charge in [0.15, 0.2) is 0 Å². The number of ether oxygens (including phenoxy) is 1. The second kappa shape index (κ2) is 4.64. The van der Waals surface area contributed by atoms with E-state index < -0.39 is 0 Å². The zero-order valence-electron chi connectivity index (χ0n) is 11.5. The molecule has 0 aromatic heterocycles. The predicted octanol–water partition coefficient (Wildman–Crippen LogP) is 3.49. The largest absolute Gasteiger partial charge is 0.485 e. The molecule has 0 spiro atoms. The fourth-order valence-electron chi connectivity index (χ4n) is 3.92. The highest BCUT2D eigenvalue weighted by Gasteiger charge is 2.43. The molecule has 2 unspecified atom stereocenters. The van der Waals surface area contributed by atoms with E-state index in [-0.39, 0.29) is 6.10 Å². The van der Waals surface area contributed by atoms with E-state index in [0.29, 0.717) is 17.8 Å². The maximum absolute atomic E-state index is 6.27. The average Bonchev–Trinajstić information content (AvgIpc) is 2.78. The molecule has 3 heteroatoms. The van der Waals surface area contributed by atoms with E-state index in [2.05, 4.69) is 42.3 Å². The van der Waals surface area contributed by atoms with Crippen LogP contribution in [-0.4, -0.2) is 31.1 Å². The summed E-state index contributed by atoms with van der Waals surface area (Å²) in [6.45, 7) is 2.21. The van der Waals surface area contributed by atoms with Crippen LogP contribution in [0.3, 0.4) is 0 Å². The van der Waals surface area contributed by atoms with Gasteiger partial charge in [-0.25, -0.2) is 0 Å². The number of likely N-dealkylation sites (tertiary alicyclic amines) is 1. The molecular weight excluding hydrogens is 270 g/mol. The van der Waals surface area contributed by atoms with Crippen LogP contribution in [0.15, 0.2) is 42.5 Å². The van der Waals surface area contributed by atoms with E-state index in [1.54, 1.807) is 0 Å². The van der Waals surface area contributed by atoms with Gasteiger partial charge in [-0.2, -0.15) is 0 Å². The number of fused-ring (bicyclic) bond motifs is 5. The minimum absolute atomic E-state index is 0.154. The summed E-state index contributed by atoms with van der Waals surface area (Å²) in [5, 5.41) is 0.802. The highest BCUT2D eigenvalue weighted by molar-refractivity contribution is 6.30. The molecule has 0 bridgehead atoms. The summed E-state index contributed by atoms with van der Waals surface area (Å²) in [5.74, 6) is 2.58. The topological polar surface area (TPSA) is 12.5 Å². The van der Waals surface area contributed by atoms with Gasteiger partial charge in [-0.05, 0) is 37.2 Å². The van der Waals surface area contributed by atoms with E-state index in [9.17, 15) is 0 Å². The number of rotatable bonds is 0. The van der Waals surface area contributed by atoms with E-state index in [1.807, 2.05) is 12.1 Å². The molecule has 0 N–H and O–H groups in total. The number of benzene rings is 1. The number of allylic oxidation sites excluding steroid dienone is 2. The van der Waals surface area contributed by atoms with Gasteiger partial charge in [0, 0.05) is 35.5 Å². The first kappa shape index (κ1) is 12.5. The summed E-state index contributed by atoms with van der Waals surface area (Å²) >= 11 is 6.21. The Morgan fingerprint density at radius 2 is 2.05 bits per heavy atom. The van der Waals surface area contributed by atoms with Crippen LogP contribution in [0.1, 0.15) is 11.5 Å². The van der Waals surface area contributed by atoms with Crippen LogP contribution in [-0.2, 0) is 0 Å². The molecule has 1 aromatic carbocycles. The maximum Gasteiger partial charge on any atom is 0.124 e. The predicted molar refractivity (Wildman–Crippen MR) is 81.4 cm³/mol. The first-order valence-electron chi connectivity index (χ1n) is 7.22. The van der Waals surface area contributed by atoms with Crippen LogP contribution in [0.25, 0.3) is 0 Å². The molecule has 104 valence electrons. The Morgan fingerprint density at radius 3 is 2.95 bits per heavy atom. The van der Waals surface area contributed by atoms with E-state index in [0.717, 1.165) is 23.9 Å². The third kappa shape index (κ3) is 1.90. The van der Waals surface area contributed by atoms with Crippen LogP contribution in [0.4, 0.5) is 0 Å². The van der Waals surface area contributed by atoms with Gasteiger partial charge in [0.05, 0.1) is 0 Å². The molecular formula is C17H18ClNO. The Kier molecular flexibility index (Phi) is 2.90. The van der Waals surface area contributed by atoms with Gasteiger partial charge in [0.25, 0.3) is 0 Å². The second-order valence-electron chi connectivity index (χ2n) is 6.10. The van der Waals surface area contributed by atoms with Gasteiger partial charge < -0.3 is 9.64 Å². The zero-order valence-corrected chi connectivity index (χ0v) is 12.3. The first-order chi connectivity index (χ1) is 9.72. The summed E-state index contributed by atoms with van der Waals surface area (Å²) in [7, 11) is 2.21. The van der Waals surface area contributed by atoms with Gasteiger partial charge >= 0.3 is 0 Å². The van der Waals surface area contributed by atoms with Crippen LogP contribution in [0, 0.1) is 11.8 Å².